The molecule has 1 aromatic rings. The van der Waals surface area contributed by atoms with Crippen molar-refractivity contribution in [3.05, 3.63) is 11.1 Å². The molecule has 29 heavy (non-hydrogen) atoms. The third-order valence-corrected chi connectivity index (χ3v) is 7.16. The number of aliphatic hydroxyl groups is 1. The van der Waals surface area contributed by atoms with Crippen molar-refractivity contribution in [1.82, 2.24) is 15.6 Å². The number of ether oxygens (including phenoxy) is 1. The molecule has 1 heterocycles. The van der Waals surface area contributed by atoms with Gasteiger partial charge in [0.2, 0.25) is 0 Å². The van der Waals surface area contributed by atoms with E-state index in [9.17, 15) is 9.90 Å². The Bertz CT molecular complexity index is 638. The molecule has 6 nitrogen and oxygen atoms in total. The molecule has 1 amide bonds. The Kier molecular flexibility index (Phi) is 7.93. The van der Waals surface area contributed by atoms with Gasteiger partial charge in [0.1, 0.15) is 17.6 Å². The number of carbonyl (C=O) groups is 1. The van der Waals surface area contributed by atoms with Crippen LogP contribution in [0, 0.1) is 17.8 Å². The zero-order chi connectivity index (χ0) is 20.9. The first-order chi connectivity index (χ1) is 13.8. The van der Waals surface area contributed by atoms with Crippen molar-refractivity contribution < 1.29 is 14.6 Å². The molecule has 2 aliphatic rings. The van der Waals surface area contributed by atoms with Gasteiger partial charge in [0, 0.05) is 18.6 Å². The van der Waals surface area contributed by atoms with Crippen molar-refractivity contribution in [2.45, 2.75) is 77.4 Å². The monoisotopic (exact) mass is 423 g/mol. The molecule has 2 fully saturated rings. The minimum atomic E-state index is -0.620. The van der Waals surface area contributed by atoms with Gasteiger partial charge in [-0.25, -0.2) is 4.98 Å². The normalized spacial score (nSPS) is 24.6. The van der Waals surface area contributed by atoms with Gasteiger partial charge < -0.3 is 20.5 Å². The number of thiazole rings is 1. The Hall–Kier alpha value is -1.18. The number of unbranched alkanes of at least 4 members (excludes halogenated alkanes) is 1. The molecule has 0 radical (unpaired) electrons. The number of nitrogens with one attached hydrogen (secondary N) is 2. The van der Waals surface area contributed by atoms with E-state index in [1.807, 2.05) is 20.8 Å². The van der Waals surface area contributed by atoms with E-state index in [2.05, 4.69) is 15.6 Å². The highest BCUT2D eigenvalue weighted by molar-refractivity contribution is 7.15. The average Bonchev–Trinajstić information content (AvgIpc) is 3.40. The topological polar surface area (TPSA) is 83.5 Å². The summed E-state index contributed by atoms with van der Waals surface area (Å²) in [6.07, 6.45) is 10.3. The molecule has 0 aromatic carbocycles. The van der Waals surface area contributed by atoms with Gasteiger partial charge in [-0.2, -0.15) is 0 Å². The zero-order valence-corrected chi connectivity index (χ0v) is 18.9. The largest absolute Gasteiger partial charge is 0.467 e. The summed E-state index contributed by atoms with van der Waals surface area (Å²) < 4.78 is 5.53. The van der Waals surface area contributed by atoms with E-state index in [0.717, 1.165) is 24.2 Å². The highest BCUT2D eigenvalue weighted by Gasteiger charge is 2.40. The lowest BCUT2D eigenvalue weighted by molar-refractivity contribution is 0.0956. The molecule has 1 unspecified atom stereocenters. The van der Waals surface area contributed by atoms with Crippen LogP contribution in [0.1, 0.15) is 75.4 Å². The Morgan fingerprint density at radius 2 is 1.97 bits per heavy atom. The van der Waals surface area contributed by atoms with Crippen LogP contribution >= 0.6 is 11.3 Å². The highest BCUT2D eigenvalue weighted by atomic mass is 32.1. The summed E-state index contributed by atoms with van der Waals surface area (Å²) in [5.41, 5.74) is -0.0515. The fourth-order valence-electron chi connectivity index (χ4n) is 4.73. The summed E-state index contributed by atoms with van der Waals surface area (Å²) in [7, 11) is 0. The van der Waals surface area contributed by atoms with Crippen LogP contribution in [-0.2, 0) is 0 Å². The number of fused-ring (bicyclic) bond motifs is 2. The minimum Gasteiger partial charge on any atom is -0.467 e. The molecular weight excluding hydrogens is 386 g/mol. The van der Waals surface area contributed by atoms with Gasteiger partial charge in [0.15, 0.2) is 0 Å². The second-order valence-corrected chi connectivity index (χ2v) is 10.7. The molecule has 0 aliphatic heterocycles. The van der Waals surface area contributed by atoms with E-state index in [1.54, 1.807) is 6.20 Å². The number of carbonyl (C=O) groups excluding carboxylic acids is 1. The van der Waals surface area contributed by atoms with Gasteiger partial charge in [0.05, 0.1) is 6.20 Å². The smallest absolute Gasteiger partial charge is 0.273 e. The highest BCUT2D eigenvalue weighted by Crippen LogP contribution is 2.51. The molecule has 164 valence electrons. The first-order valence-corrected chi connectivity index (χ1v) is 11.9. The summed E-state index contributed by atoms with van der Waals surface area (Å²) in [5, 5.41) is 16.6. The second-order valence-electron chi connectivity index (χ2n) is 9.68. The third kappa shape index (κ3) is 6.93. The lowest BCUT2D eigenvalue weighted by Crippen LogP contribution is -2.42. The summed E-state index contributed by atoms with van der Waals surface area (Å²) >= 11 is 1.22. The van der Waals surface area contributed by atoms with Crippen LogP contribution in [0.3, 0.4) is 0 Å². The van der Waals surface area contributed by atoms with Crippen molar-refractivity contribution in [1.29, 1.82) is 0 Å². The number of β-amino-alcohol motifs (C(OH)–C–C–N with tert-alkyl or cyclic N) is 1. The summed E-state index contributed by atoms with van der Waals surface area (Å²) in [4.78, 5) is 17.0. The standard InChI is InChI=1S/C22H37N3O3S/c1-22(2,3)25-12-17(26)14-28-21-24-13-19(29-21)20(27)23-11-5-4-6-18-15-7-8-16(18)10-9-15/h13,15-18,25-26H,4-12,14H2,1-3H3,(H,23,27). The van der Waals surface area contributed by atoms with Gasteiger partial charge in [0.25, 0.3) is 11.1 Å². The van der Waals surface area contributed by atoms with Crippen LogP contribution < -0.4 is 15.4 Å². The molecule has 2 bridgehead atoms. The van der Waals surface area contributed by atoms with Crippen LogP contribution in [0.5, 0.6) is 5.19 Å². The SMILES string of the molecule is CC(C)(C)NCC(O)COc1ncc(C(=O)NCCCCC2C3CCC2CC3)s1. The number of rotatable bonds is 11. The maximum atomic E-state index is 12.3. The van der Waals surface area contributed by atoms with E-state index < -0.39 is 6.10 Å². The predicted molar refractivity (Wildman–Crippen MR) is 116 cm³/mol. The van der Waals surface area contributed by atoms with Gasteiger partial charge in [-0.1, -0.05) is 17.8 Å². The molecule has 3 N–H and O–H groups in total. The fraction of sp³-hybridized carbons (Fsp3) is 0.818. The molecule has 1 atom stereocenters. The van der Waals surface area contributed by atoms with Crippen LogP contribution in [0.25, 0.3) is 0 Å². The van der Waals surface area contributed by atoms with Crippen LogP contribution in [-0.4, -0.2) is 47.3 Å². The minimum absolute atomic E-state index is 0.0515. The molecule has 1 aromatic heterocycles. The van der Waals surface area contributed by atoms with Gasteiger partial charge in [-0.3, -0.25) is 4.79 Å². The lowest BCUT2D eigenvalue weighted by Gasteiger charge is -2.22. The quantitative estimate of drug-likeness (QED) is 0.474. The van der Waals surface area contributed by atoms with E-state index in [1.165, 1.54) is 49.9 Å². The summed E-state index contributed by atoms with van der Waals surface area (Å²) in [6, 6.07) is 0. The van der Waals surface area contributed by atoms with E-state index in [0.29, 0.717) is 23.2 Å². The second kappa shape index (κ2) is 10.2. The number of hydrogen-bond acceptors (Lipinski definition) is 6. The zero-order valence-electron chi connectivity index (χ0n) is 18.1. The molecule has 0 saturated heterocycles. The Labute approximate surface area is 178 Å². The first-order valence-electron chi connectivity index (χ1n) is 11.1. The van der Waals surface area contributed by atoms with Gasteiger partial charge >= 0.3 is 0 Å². The van der Waals surface area contributed by atoms with Gasteiger partial charge in [-0.05, 0) is 77.0 Å². The Balaban J connectivity index is 1.29. The van der Waals surface area contributed by atoms with E-state index >= 15 is 0 Å². The molecule has 2 aliphatic carbocycles. The van der Waals surface area contributed by atoms with Crippen LogP contribution in [0.15, 0.2) is 6.20 Å². The Morgan fingerprint density at radius 1 is 1.28 bits per heavy atom. The maximum Gasteiger partial charge on any atom is 0.273 e. The summed E-state index contributed by atoms with van der Waals surface area (Å²) in [5.74, 6) is 2.86. The fourth-order valence-corrected chi connectivity index (χ4v) is 5.42. The Morgan fingerprint density at radius 3 is 2.62 bits per heavy atom. The van der Waals surface area contributed by atoms with Gasteiger partial charge in [-0.15, -0.1) is 0 Å². The number of aliphatic hydroxyl groups excluding tert-OH is 1. The number of aromatic nitrogens is 1. The number of hydrogen-bond donors (Lipinski definition) is 3. The van der Waals surface area contributed by atoms with Crippen molar-refractivity contribution in [2.75, 3.05) is 19.7 Å². The van der Waals surface area contributed by atoms with E-state index in [4.69, 9.17) is 4.74 Å². The lowest BCUT2D eigenvalue weighted by atomic mass is 9.92. The molecular formula is C22H37N3O3S. The summed E-state index contributed by atoms with van der Waals surface area (Å²) in [6.45, 7) is 7.46. The van der Waals surface area contributed by atoms with E-state index in [-0.39, 0.29) is 18.1 Å². The van der Waals surface area contributed by atoms with Crippen molar-refractivity contribution in [3.8, 4) is 5.19 Å². The molecule has 7 heteroatoms. The number of amides is 1. The van der Waals surface area contributed by atoms with Crippen LogP contribution in [0.2, 0.25) is 0 Å². The van der Waals surface area contributed by atoms with Crippen molar-refractivity contribution >= 4 is 17.2 Å². The predicted octanol–water partition coefficient (Wildman–Crippen LogP) is 3.61. The first kappa shape index (κ1) is 22.5. The maximum absolute atomic E-state index is 12.3. The molecule has 3 rings (SSSR count). The molecule has 2 saturated carbocycles. The molecule has 0 spiro atoms. The number of nitrogens with zero attached hydrogens (tertiary/aromatic N) is 1. The third-order valence-electron chi connectivity index (χ3n) is 6.25. The van der Waals surface area contributed by atoms with Crippen molar-refractivity contribution in [3.63, 3.8) is 0 Å². The van der Waals surface area contributed by atoms with Crippen LogP contribution in [0.4, 0.5) is 0 Å². The average molecular weight is 424 g/mol. The van der Waals surface area contributed by atoms with Crippen molar-refractivity contribution in [2.24, 2.45) is 17.8 Å².